The predicted molar refractivity (Wildman–Crippen MR) is 59.9 cm³/mol. The molecule has 0 heterocycles. The van der Waals surface area contributed by atoms with Gasteiger partial charge in [-0.15, -0.1) is 0 Å². The van der Waals surface area contributed by atoms with Crippen molar-refractivity contribution in [1.82, 2.24) is 0 Å². The van der Waals surface area contributed by atoms with Crippen molar-refractivity contribution < 1.29 is 4.92 Å². The maximum absolute atomic E-state index is 10.7. The Morgan fingerprint density at radius 1 is 1.43 bits per heavy atom. The monoisotopic (exact) mass is 258 g/mol. The van der Waals surface area contributed by atoms with Crippen LogP contribution in [0.5, 0.6) is 0 Å². The second-order valence-corrected chi connectivity index (χ2v) is 4.14. The largest absolute Gasteiger partial charge is 0.377 e. The molecule has 0 spiro atoms. The van der Waals surface area contributed by atoms with E-state index in [0.717, 1.165) is 10.2 Å². The van der Waals surface area contributed by atoms with Crippen LogP contribution in [0.4, 0.5) is 11.4 Å². The number of nitro benzene ring substituents is 1. The van der Waals surface area contributed by atoms with E-state index in [1.807, 2.05) is 25.1 Å². The number of benzene rings is 1. The second kappa shape index (κ2) is 3.96. The first-order valence-corrected chi connectivity index (χ1v) is 4.84. The van der Waals surface area contributed by atoms with Crippen LogP contribution in [-0.2, 0) is 0 Å². The van der Waals surface area contributed by atoms with Crippen LogP contribution in [0.15, 0.2) is 16.6 Å². The molecule has 0 fully saturated rings. The average Bonchev–Trinajstić information content (AvgIpc) is 2.07. The first-order valence-electron chi connectivity index (χ1n) is 4.05. The van der Waals surface area contributed by atoms with Crippen molar-refractivity contribution in [2.45, 2.75) is 6.92 Å². The zero-order valence-corrected chi connectivity index (χ0v) is 9.83. The topological polar surface area (TPSA) is 46.4 Å². The molecule has 0 radical (unpaired) electrons. The summed E-state index contributed by atoms with van der Waals surface area (Å²) in [4.78, 5) is 12.2. The maximum Gasteiger partial charge on any atom is 0.275 e. The van der Waals surface area contributed by atoms with Crippen molar-refractivity contribution in [1.29, 1.82) is 0 Å². The summed E-state index contributed by atoms with van der Waals surface area (Å²) in [5.41, 5.74) is 1.68. The molecule has 5 heteroatoms. The summed E-state index contributed by atoms with van der Waals surface area (Å²) in [6, 6.07) is 3.38. The Kier molecular flexibility index (Phi) is 3.10. The molecule has 1 aromatic rings. The van der Waals surface area contributed by atoms with E-state index in [4.69, 9.17) is 0 Å². The fourth-order valence-electron chi connectivity index (χ4n) is 1.30. The second-order valence-electron chi connectivity index (χ2n) is 3.22. The lowest BCUT2D eigenvalue weighted by atomic mass is 10.1. The zero-order chi connectivity index (χ0) is 10.9. The van der Waals surface area contributed by atoms with E-state index < -0.39 is 0 Å². The van der Waals surface area contributed by atoms with Crippen molar-refractivity contribution in [2.24, 2.45) is 0 Å². The van der Waals surface area contributed by atoms with Gasteiger partial charge < -0.3 is 4.90 Å². The number of halogens is 1. The van der Waals surface area contributed by atoms with Gasteiger partial charge in [-0.3, -0.25) is 10.1 Å². The summed E-state index contributed by atoms with van der Waals surface area (Å²) in [6.45, 7) is 1.75. The standard InChI is InChI=1S/C9H11BrN2O2/c1-6-8(11(2)3)4-7(10)5-9(6)12(13)14/h4-5H,1-3H3. The van der Waals surface area contributed by atoms with E-state index in [2.05, 4.69) is 15.9 Å². The first-order chi connectivity index (χ1) is 6.43. The smallest absolute Gasteiger partial charge is 0.275 e. The number of nitrogens with zero attached hydrogens (tertiary/aromatic N) is 2. The van der Waals surface area contributed by atoms with Crippen LogP contribution in [0.25, 0.3) is 0 Å². The molecule has 0 amide bonds. The van der Waals surface area contributed by atoms with Crippen molar-refractivity contribution in [3.63, 3.8) is 0 Å². The van der Waals surface area contributed by atoms with E-state index in [9.17, 15) is 10.1 Å². The fourth-order valence-corrected chi connectivity index (χ4v) is 1.74. The van der Waals surface area contributed by atoms with Gasteiger partial charge in [0.05, 0.1) is 10.5 Å². The molecule has 0 atom stereocenters. The number of nitro groups is 1. The molecule has 0 aliphatic rings. The Hall–Kier alpha value is -1.10. The predicted octanol–water partition coefficient (Wildman–Crippen LogP) is 2.73. The molecule has 0 aliphatic carbocycles. The lowest BCUT2D eigenvalue weighted by molar-refractivity contribution is -0.385. The van der Waals surface area contributed by atoms with Gasteiger partial charge in [0.2, 0.25) is 0 Å². The minimum absolute atomic E-state index is 0.142. The number of anilines is 1. The molecule has 0 saturated heterocycles. The Bertz CT molecular complexity index is 377. The minimum Gasteiger partial charge on any atom is -0.377 e. The molecule has 0 unspecified atom stereocenters. The van der Waals surface area contributed by atoms with Gasteiger partial charge in [0.1, 0.15) is 0 Å². The van der Waals surface area contributed by atoms with Crippen molar-refractivity contribution >= 4 is 27.3 Å². The first kappa shape index (κ1) is 11.0. The lowest BCUT2D eigenvalue weighted by Gasteiger charge is -2.15. The highest BCUT2D eigenvalue weighted by molar-refractivity contribution is 9.10. The van der Waals surface area contributed by atoms with E-state index in [-0.39, 0.29) is 10.6 Å². The molecule has 0 N–H and O–H groups in total. The average molecular weight is 259 g/mol. The van der Waals surface area contributed by atoms with Crippen molar-refractivity contribution in [3.8, 4) is 0 Å². The van der Waals surface area contributed by atoms with E-state index in [1.165, 1.54) is 6.07 Å². The number of hydrogen-bond donors (Lipinski definition) is 0. The minimum atomic E-state index is -0.368. The fraction of sp³-hybridized carbons (Fsp3) is 0.333. The van der Waals surface area contributed by atoms with Gasteiger partial charge in [-0.2, -0.15) is 0 Å². The summed E-state index contributed by atoms with van der Waals surface area (Å²) < 4.78 is 0.721. The summed E-state index contributed by atoms with van der Waals surface area (Å²) in [5.74, 6) is 0. The molecule has 76 valence electrons. The Labute approximate surface area is 90.8 Å². The van der Waals surface area contributed by atoms with Gasteiger partial charge in [0.25, 0.3) is 5.69 Å². The summed E-state index contributed by atoms with van der Waals surface area (Å²) in [7, 11) is 3.72. The third-order valence-electron chi connectivity index (χ3n) is 2.00. The van der Waals surface area contributed by atoms with Gasteiger partial charge in [-0.1, -0.05) is 15.9 Å². The molecule has 4 nitrogen and oxygen atoms in total. The van der Waals surface area contributed by atoms with E-state index in [0.29, 0.717) is 5.56 Å². The van der Waals surface area contributed by atoms with Crippen LogP contribution in [0.2, 0.25) is 0 Å². The third kappa shape index (κ3) is 2.04. The highest BCUT2D eigenvalue weighted by atomic mass is 79.9. The van der Waals surface area contributed by atoms with Crippen molar-refractivity contribution in [3.05, 3.63) is 32.3 Å². The van der Waals surface area contributed by atoms with Crippen molar-refractivity contribution in [2.75, 3.05) is 19.0 Å². The van der Waals surface area contributed by atoms with Crippen LogP contribution in [0, 0.1) is 17.0 Å². The molecule has 0 aromatic heterocycles. The number of rotatable bonds is 2. The zero-order valence-electron chi connectivity index (χ0n) is 8.24. The van der Waals surface area contributed by atoms with Gasteiger partial charge in [-0.05, 0) is 13.0 Å². The van der Waals surface area contributed by atoms with Crippen LogP contribution >= 0.6 is 15.9 Å². The normalized spacial score (nSPS) is 10.0. The summed E-state index contributed by atoms with van der Waals surface area (Å²) >= 11 is 3.25. The van der Waals surface area contributed by atoms with Crippen LogP contribution in [0.1, 0.15) is 5.56 Å². The molecule has 14 heavy (non-hydrogen) atoms. The van der Waals surface area contributed by atoms with Gasteiger partial charge in [0.15, 0.2) is 0 Å². The highest BCUT2D eigenvalue weighted by Crippen LogP contribution is 2.31. The molecule has 1 rings (SSSR count). The van der Waals surface area contributed by atoms with Gasteiger partial charge in [0, 0.05) is 30.3 Å². The SMILES string of the molecule is Cc1c(N(C)C)cc(Br)cc1[N+](=O)[O-]. The molecular weight excluding hydrogens is 248 g/mol. The van der Waals surface area contributed by atoms with E-state index in [1.54, 1.807) is 6.92 Å². The Morgan fingerprint density at radius 3 is 2.43 bits per heavy atom. The molecule has 0 saturated carbocycles. The highest BCUT2D eigenvalue weighted by Gasteiger charge is 2.16. The molecule has 0 bridgehead atoms. The van der Waals surface area contributed by atoms with Gasteiger partial charge >= 0.3 is 0 Å². The van der Waals surface area contributed by atoms with E-state index >= 15 is 0 Å². The Balaban J connectivity index is 3.40. The number of hydrogen-bond acceptors (Lipinski definition) is 3. The third-order valence-corrected chi connectivity index (χ3v) is 2.45. The van der Waals surface area contributed by atoms with Crippen LogP contribution in [-0.4, -0.2) is 19.0 Å². The Morgan fingerprint density at radius 2 is 2.00 bits per heavy atom. The summed E-state index contributed by atoms with van der Waals surface area (Å²) in [6.07, 6.45) is 0. The van der Waals surface area contributed by atoms with Crippen LogP contribution in [0.3, 0.4) is 0 Å². The maximum atomic E-state index is 10.7. The quantitative estimate of drug-likeness (QED) is 0.606. The lowest BCUT2D eigenvalue weighted by Crippen LogP contribution is -2.11. The van der Waals surface area contributed by atoms with Gasteiger partial charge in [-0.25, -0.2) is 0 Å². The summed E-state index contributed by atoms with van der Waals surface area (Å²) in [5, 5.41) is 10.7. The molecule has 0 aliphatic heterocycles. The van der Waals surface area contributed by atoms with Crippen LogP contribution < -0.4 is 4.90 Å². The molecular formula is C9H11BrN2O2. The molecule has 1 aromatic carbocycles.